The van der Waals surface area contributed by atoms with Gasteiger partial charge in [0.1, 0.15) is 0 Å². The van der Waals surface area contributed by atoms with E-state index in [0.29, 0.717) is 5.56 Å². The van der Waals surface area contributed by atoms with Crippen molar-refractivity contribution in [1.82, 2.24) is 9.78 Å². The number of benzene rings is 1. The Bertz CT molecular complexity index is 560. The number of aryl methyl sites for hydroxylation is 1. The van der Waals surface area contributed by atoms with Crippen molar-refractivity contribution < 1.29 is 4.79 Å². The molecule has 0 spiro atoms. The molecular formula is C13H13ClN2O. The van der Waals surface area contributed by atoms with Crippen LogP contribution in [-0.4, -0.2) is 21.4 Å². The van der Waals surface area contributed by atoms with Crippen molar-refractivity contribution >= 4 is 17.4 Å². The van der Waals surface area contributed by atoms with Crippen molar-refractivity contribution in [1.29, 1.82) is 0 Å². The number of halogens is 1. The Kier molecular flexibility index (Phi) is 3.29. The molecule has 1 aromatic heterocycles. The van der Waals surface area contributed by atoms with Crippen LogP contribution in [-0.2, 0) is 0 Å². The number of nitrogens with zero attached hydrogens (tertiary/aromatic N) is 2. The third kappa shape index (κ3) is 2.11. The van der Waals surface area contributed by atoms with Crippen molar-refractivity contribution in [3.05, 3.63) is 47.3 Å². The van der Waals surface area contributed by atoms with Crippen molar-refractivity contribution in [3.63, 3.8) is 0 Å². The number of hydrogen-bond donors (Lipinski definition) is 0. The summed E-state index contributed by atoms with van der Waals surface area (Å²) in [5, 5.41) is 4.25. The molecule has 0 saturated heterocycles. The molecule has 0 bridgehead atoms. The Morgan fingerprint density at radius 2 is 2.06 bits per heavy atom. The minimum Gasteiger partial charge on any atom is -0.293 e. The molecule has 4 heteroatoms. The van der Waals surface area contributed by atoms with Crippen LogP contribution < -0.4 is 0 Å². The molecule has 0 atom stereocenters. The summed E-state index contributed by atoms with van der Waals surface area (Å²) in [6, 6.07) is 7.92. The number of carbonyl (C=O) groups is 1. The summed E-state index contributed by atoms with van der Waals surface area (Å²) in [5.74, 6) is -0.107. The fraction of sp³-hybridized carbons (Fsp3) is 0.231. The highest BCUT2D eigenvalue weighted by Crippen LogP contribution is 2.17. The maximum Gasteiger partial charge on any atom is 0.181 e. The van der Waals surface area contributed by atoms with Crippen molar-refractivity contribution in [3.8, 4) is 5.69 Å². The third-order valence-corrected chi connectivity index (χ3v) is 3.02. The molecule has 1 aromatic carbocycles. The molecule has 88 valence electrons. The van der Waals surface area contributed by atoms with Gasteiger partial charge in [-0.2, -0.15) is 5.10 Å². The van der Waals surface area contributed by atoms with Crippen molar-refractivity contribution in [2.45, 2.75) is 13.8 Å². The lowest BCUT2D eigenvalue weighted by atomic mass is 10.1. The summed E-state index contributed by atoms with van der Waals surface area (Å²) in [7, 11) is 0. The van der Waals surface area contributed by atoms with Gasteiger partial charge in [-0.3, -0.25) is 4.79 Å². The van der Waals surface area contributed by atoms with Crippen molar-refractivity contribution in [2.24, 2.45) is 0 Å². The SMILES string of the molecule is Cc1ccccc1-n1ncc(C(=O)CCl)c1C. The van der Waals surface area contributed by atoms with E-state index in [1.54, 1.807) is 10.9 Å². The monoisotopic (exact) mass is 248 g/mol. The van der Waals surface area contributed by atoms with E-state index >= 15 is 0 Å². The molecule has 17 heavy (non-hydrogen) atoms. The van der Waals surface area contributed by atoms with Gasteiger partial charge >= 0.3 is 0 Å². The fourth-order valence-corrected chi connectivity index (χ4v) is 1.94. The Morgan fingerprint density at radius 3 is 2.71 bits per heavy atom. The number of Topliss-reactive ketones (excluding diaryl/α,β-unsaturated/α-hetero) is 1. The van der Waals surface area contributed by atoms with E-state index in [-0.39, 0.29) is 11.7 Å². The highest BCUT2D eigenvalue weighted by atomic mass is 35.5. The van der Waals surface area contributed by atoms with Crippen LogP contribution in [0.15, 0.2) is 30.5 Å². The molecule has 0 fully saturated rings. The second kappa shape index (κ2) is 4.72. The van der Waals surface area contributed by atoms with E-state index < -0.39 is 0 Å². The lowest BCUT2D eigenvalue weighted by Gasteiger charge is -2.07. The van der Waals surface area contributed by atoms with Crippen LogP contribution in [0.3, 0.4) is 0 Å². The number of hydrogen-bond acceptors (Lipinski definition) is 2. The summed E-state index contributed by atoms with van der Waals surface area (Å²) in [6.07, 6.45) is 1.58. The van der Waals surface area contributed by atoms with E-state index in [2.05, 4.69) is 5.10 Å². The number of aromatic nitrogens is 2. The minimum atomic E-state index is -0.0935. The second-order valence-electron chi connectivity index (χ2n) is 3.90. The topological polar surface area (TPSA) is 34.9 Å². The van der Waals surface area contributed by atoms with Gasteiger partial charge < -0.3 is 0 Å². The van der Waals surface area contributed by atoms with Gasteiger partial charge in [0.2, 0.25) is 0 Å². The molecule has 0 unspecified atom stereocenters. The molecule has 2 aromatic rings. The smallest absolute Gasteiger partial charge is 0.181 e. The standard InChI is InChI=1S/C13H13ClN2O/c1-9-5-3-4-6-12(9)16-10(2)11(8-15-16)13(17)7-14/h3-6,8H,7H2,1-2H3. The molecule has 3 nitrogen and oxygen atoms in total. The summed E-state index contributed by atoms with van der Waals surface area (Å²) in [5.41, 5.74) is 3.51. The third-order valence-electron chi connectivity index (χ3n) is 2.78. The first kappa shape index (κ1) is 11.9. The van der Waals surface area contributed by atoms with E-state index in [0.717, 1.165) is 16.9 Å². The molecule has 0 radical (unpaired) electrons. The van der Waals surface area contributed by atoms with Crippen LogP contribution in [0.2, 0.25) is 0 Å². The summed E-state index contributed by atoms with van der Waals surface area (Å²) in [6.45, 7) is 3.89. The van der Waals surface area contributed by atoms with E-state index in [1.165, 1.54) is 0 Å². The maximum atomic E-state index is 11.6. The van der Waals surface area contributed by atoms with Gasteiger partial charge in [-0.05, 0) is 25.5 Å². The molecular weight excluding hydrogens is 236 g/mol. The Balaban J connectivity index is 2.52. The first-order valence-corrected chi connectivity index (χ1v) is 5.88. The highest BCUT2D eigenvalue weighted by Gasteiger charge is 2.14. The fourth-order valence-electron chi connectivity index (χ4n) is 1.80. The van der Waals surface area contributed by atoms with Gasteiger partial charge in [-0.1, -0.05) is 18.2 Å². The van der Waals surface area contributed by atoms with Crippen LogP contribution in [0.25, 0.3) is 5.69 Å². The first-order valence-electron chi connectivity index (χ1n) is 5.35. The Labute approximate surface area is 105 Å². The highest BCUT2D eigenvalue weighted by molar-refractivity contribution is 6.30. The number of para-hydroxylation sites is 1. The van der Waals surface area contributed by atoms with Gasteiger partial charge in [-0.15, -0.1) is 11.6 Å². The molecule has 0 aliphatic carbocycles. The molecule has 0 saturated carbocycles. The number of alkyl halides is 1. The quantitative estimate of drug-likeness (QED) is 0.618. The second-order valence-corrected chi connectivity index (χ2v) is 4.17. The normalized spacial score (nSPS) is 10.5. The van der Waals surface area contributed by atoms with E-state index in [1.807, 2.05) is 38.1 Å². The lowest BCUT2D eigenvalue weighted by molar-refractivity contribution is 0.102. The maximum absolute atomic E-state index is 11.6. The van der Waals surface area contributed by atoms with Crippen LogP contribution in [0.5, 0.6) is 0 Å². The van der Waals surface area contributed by atoms with E-state index in [4.69, 9.17) is 11.6 Å². The zero-order valence-electron chi connectivity index (χ0n) is 9.77. The largest absolute Gasteiger partial charge is 0.293 e. The molecule has 1 heterocycles. The van der Waals surface area contributed by atoms with Gasteiger partial charge in [0.05, 0.1) is 29.0 Å². The molecule has 0 amide bonds. The average molecular weight is 249 g/mol. The lowest BCUT2D eigenvalue weighted by Crippen LogP contribution is -2.05. The zero-order chi connectivity index (χ0) is 12.4. The molecule has 0 aliphatic heterocycles. The summed E-state index contributed by atoms with van der Waals surface area (Å²) >= 11 is 5.56. The number of carbonyl (C=O) groups excluding carboxylic acids is 1. The van der Waals surface area contributed by atoms with Crippen LogP contribution >= 0.6 is 11.6 Å². The summed E-state index contributed by atoms with van der Waals surface area (Å²) in [4.78, 5) is 11.6. The Hall–Kier alpha value is -1.61. The van der Waals surface area contributed by atoms with Gasteiger partial charge in [0, 0.05) is 0 Å². The molecule has 0 N–H and O–H groups in total. The van der Waals surface area contributed by atoms with E-state index in [9.17, 15) is 4.79 Å². The number of rotatable bonds is 3. The predicted molar refractivity (Wildman–Crippen MR) is 68.1 cm³/mol. The minimum absolute atomic E-state index is 0.0136. The van der Waals surface area contributed by atoms with Crippen LogP contribution in [0.4, 0.5) is 0 Å². The van der Waals surface area contributed by atoms with Crippen LogP contribution in [0, 0.1) is 13.8 Å². The predicted octanol–water partition coefficient (Wildman–Crippen LogP) is 2.91. The average Bonchev–Trinajstić information content (AvgIpc) is 2.71. The molecule has 0 aliphatic rings. The van der Waals surface area contributed by atoms with Crippen LogP contribution in [0.1, 0.15) is 21.6 Å². The first-order chi connectivity index (χ1) is 8.15. The summed E-state index contributed by atoms with van der Waals surface area (Å²) < 4.78 is 1.77. The van der Waals surface area contributed by atoms with Crippen molar-refractivity contribution in [2.75, 3.05) is 5.88 Å². The number of ketones is 1. The van der Waals surface area contributed by atoms with Gasteiger partial charge in [0.15, 0.2) is 5.78 Å². The Morgan fingerprint density at radius 1 is 1.35 bits per heavy atom. The zero-order valence-corrected chi connectivity index (χ0v) is 10.5. The van der Waals surface area contributed by atoms with Gasteiger partial charge in [-0.25, -0.2) is 4.68 Å². The molecule has 2 rings (SSSR count). The van der Waals surface area contributed by atoms with Gasteiger partial charge in [0.25, 0.3) is 0 Å².